The minimum atomic E-state index is -1.02. The highest BCUT2D eigenvalue weighted by atomic mass is 35.5. The lowest BCUT2D eigenvalue weighted by molar-refractivity contribution is -0.116. The van der Waals surface area contributed by atoms with Crippen LogP contribution in [0.25, 0.3) is 0 Å². The summed E-state index contributed by atoms with van der Waals surface area (Å²) in [5.41, 5.74) is -0.221. The lowest BCUT2D eigenvalue weighted by Gasteiger charge is -2.38. The monoisotopic (exact) mass is 439 g/mol. The predicted octanol–water partition coefficient (Wildman–Crippen LogP) is 3.82. The van der Waals surface area contributed by atoms with Crippen LogP contribution in [0.3, 0.4) is 0 Å². The van der Waals surface area contributed by atoms with Crippen molar-refractivity contribution in [3.63, 3.8) is 0 Å². The molecule has 0 aliphatic carbocycles. The summed E-state index contributed by atoms with van der Waals surface area (Å²) in [4.78, 5) is 17.8. The number of pyridine rings is 1. The number of amides is 1. The molecular formula is C20H20Cl2FN3O3. The van der Waals surface area contributed by atoms with Crippen LogP contribution >= 0.6 is 23.2 Å². The van der Waals surface area contributed by atoms with Crippen molar-refractivity contribution in [1.29, 1.82) is 0 Å². The van der Waals surface area contributed by atoms with Crippen molar-refractivity contribution in [2.45, 2.75) is 31.3 Å². The molecule has 0 spiro atoms. The van der Waals surface area contributed by atoms with E-state index in [1.54, 1.807) is 18.3 Å². The number of anilines is 2. The fourth-order valence-electron chi connectivity index (χ4n) is 3.69. The summed E-state index contributed by atoms with van der Waals surface area (Å²) in [6, 6.07) is 4.45. The van der Waals surface area contributed by atoms with Crippen LogP contribution < -0.4 is 15.0 Å². The Balaban J connectivity index is 1.41. The first-order valence-corrected chi connectivity index (χ1v) is 10.1. The van der Waals surface area contributed by atoms with Gasteiger partial charge >= 0.3 is 0 Å². The molecule has 9 heteroatoms. The molecule has 2 aromatic rings. The van der Waals surface area contributed by atoms with E-state index in [1.165, 1.54) is 6.07 Å². The first-order chi connectivity index (χ1) is 13.8. The van der Waals surface area contributed by atoms with E-state index in [4.69, 9.17) is 27.9 Å². The molecule has 1 saturated heterocycles. The van der Waals surface area contributed by atoms with Gasteiger partial charge in [-0.2, -0.15) is 0 Å². The number of hydrogen-bond acceptors (Lipinski definition) is 5. The number of aromatic nitrogens is 1. The molecule has 0 bridgehead atoms. The van der Waals surface area contributed by atoms with Crippen LogP contribution in [0.5, 0.6) is 5.75 Å². The maximum Gasteiger partial charge on any atom is 0.224 e. The Kier molecular flexibility index (Phi) is 5.55. The quantitative estimate of drug-likeness (QED) is 0.756. The number of carbonyl (C=O) groups excluding carboxylic acids is 1. The summed E-state index contributed by atoms with van der Waals surface area (Å²) in [7, 11) is 0. The molecule has 6 nitrogen and oxygen atoms in total. The largest absolute Gasteiger partial charge is 0.490 e. The minimum Gasteiger partial charge on any atom is -0.490 e. The van der Waals surface area contributed by atoms with Gasteiger partial charge in [0.2, 0.25) is 5.91 Å². The normalized spacial score (nSPS) is 18.2. The molecule has 29 heavy (non-hydrogen) atoms. The van der Waals surface area contributed by atoms with E-state index >= 15 is 0 Å². The molecule has 1 aromatic heterocycles. The zero-order valence-corrected chi connectivity index (χ0v) is 17.1. The fraction of sp³-hybridized carbons (Fsp3) is 0.400. The molecule has 0 radical (unpaired) electrons. The maximum atomic E-state index is 14.0. The van der Waals surface area contributed by atoms with Gasteiger partial charge in [0.05, 0.1) is 15.7 Å². The molecule has 0 saturated carbocycles. The third kappa shape index (κ3) is 4.27. The standard InChI is InChI=1S/C20H20Cl2FN3O3/c21-12-9-14(22)19(24-10-12)26-7-5-20(28,6-8-26)11-29-16-3-2-15(23)18-13(16)1-4-17(27)25-18/h2-3,9-10,28H,1,4-8,11H2,(H,25,27). The molecule has 1 fully saturated rings. The van der Waals surface area contributed by atoms with E-state index in [2.05, 4.69) is 10.3 Å². The second kappa shape index (κ2) is 7.97. The Morgan fingerprint density at radius 3 is 2.76 bits per heavy atom. The van der Waals surface area contributed by atoms with Crippen molar-refractivity contribution in [3.8, 4) is 5.75 Å². The summed E-state index contributed by atoms with van der Waals surface area (Å²) >= 11 is 12.1. The average molecular weight is 440 g/mol. The number of piperidine rings is 1. The first-order valence-electron chi connectivity index (χ1n) is 9.37. The summed E-state index contributed by atoms with van der Waals surface area (Å²) in [6.07, 6.45) is 3.16. The number of hydrogen-bond donors (Lipinski definition) is 2. The molecule has 4 rings (SSSR count). The summed E-state index contributed by atoms with van der Waals surface area (Å²) in [6.45, 7) is 1.20. The van der Waals surface area contributed by atoms with Gasteiger partial charge in [-0.1, -0.05) is 23.2 Å². The Bertz CT molecular complexity index is 949. The molecule has 2 N–H and O–H groups in total. The summed E-state index contributed by atoms with van der Waals surface area (Å²) in [5.74, 6) is 0.427. The Morgan fingerprint density at radius 2 is 2.03 bits per heavy atom. The number of rotatable bonds is 4. The summed E-state index contributed by atoms with van der Waals surface area (Å²) in [5, 5.41) is 14.4. The highest BCUT2D eigenvalue weighted by Crippen LogP contribution is 2.35. The SMILES string of the molecule is O=C1CCc2c(OCC3(O)CCN(c4ncc(Cl)cc4Cl)CC3)ccc(F)c2N1. The van der Waals surface area contributed by atoms with Gasteiger partial charge in [-0.15, -0.1) is 0 Å². The van der Waals surface area contributed by atoms with Crippen molar-refractivity contribution >= 4 is 40.6 Å². The third-order valence-electron chi connectivity index (χ3n) is 5.36. The van der Waals surface area contributed by atoms with Crippen molar-refractivity contribution in [3.05, 3.63) is 45.8 Å². The number of nitrogens with one attached hydrogen (secondary N) is 1. The first kappa shape index (κ1) is 20.2. The van der Waals surface area contributed by atoms with Crippen LogP contribution in [0.4, 0.5) is 15.9 Å². The van der Waals surface area contributed by atoms with Gasteiger partial charge in [0.15, 0.2) is 0 Å². The number of benzene rings is 1. The number of carbonyl (C=O) groups is 1. The van der Waals surface area contributed by atoms with Crippen molar-refractivity contribution in [2.24, 2.45) is 0 Å². The zero-order chi connectivity index (χ0) is 20.6. The highest BCUT2D eigenvalue weighted by molar-refractivity contribution is 6.36. The van der Waals surface area contributed by atoms with Crippen LogP contribution in [0, 0.1) is 5.82 Å². The average Bonchev–Trinajstić information content (AvgIpc) is 2.69. The van der Waals surface area contributed by atoms with Crippen LogP contribution in [0.15, 0.2) is 24.4 Å². The maximum absolute atomic E-state index is 14.0. The van der Waals surface area contributed by atoms with Gasteiger partial charge in [0.25, 0.3) is 0 Å². The van der Waals surface area contributed by atoms with Gasteiger partial charge < -0.3 is 20.1 Å². The molecule has 2 aliphatic rings. The minimum absolute atomic E-state index is 0.0780. The van der Waals surface area contributed by atoms with E-state index in [0.29, 0.717) is 59.5 Å². The van der Waals surface area contributed by atoms with Crippen molar-refractivity contribution < 1.29 is 19.0 Å². The van der Waals surface area contributed by atoms with Gasteiger partial charge in [0.1, 0.15) is 29.6 Å². The fourth-order valence-corrected chi connectivity index (χ4v) is 4.19. The number of ether oxygens (including phenoxy) is 1. The van der Waals surface area contributed by atoms with E-state index in [1.807, 2.05) is 4.90 Å². The van der Waals surface area contributed by atoms with Crippen molar-refractivity contribution in [1.82, 2.24) is 4.98 Å². The predicted molar refractivity (Wildman–Crippen MR) is 109 cm³/mol. The van der Waals surface area contributed by atoms with Crippen LogP contribution in [-0.4, -0.2) is 41.3 Å². The van der Waals surface area contributed by atoms with Gasteiger partial charge in [-0.3, -0.25) is 4.79 Å². The second-order valence-corrected chi connectivity index (χ2v) is 8.25. The number of fused-ring (bicyclic) bond motifs is 1. The molecule has 3 heterocycles. The molecule has 1 aromatic carbocycles. The smallest absolute Gasteiger partial charge is 0.224 e. The Labute approximate surface area is 177 Å². The Morgan fingerprint density at radius 1 is 1.28 bits per heavy atom. The van der Waals surface area contributed by atoms with Crippen LogP contribution in [0.2, 0.25) is 10.0 Å². The topological polar surface area (TPSA) is 74.7 Å². The third-order valence-corrected chi connectivity index (χ3v) is 5.85. The molecule has 2 aliphatic heterocycles. The van der Waals surface area contributed by atoms with Gasteiger partial charge in [-0.25, -0.2) is 9.37 Å². The zero-order valence-electron chi connectivity index (χ0n) is 15.6. The van der Waals surface area contributed by atoms with Gasteiger partial charge in [-0.05, 0) is 37.5 Å². The molecule has 154 valence electrons. The molecule has 0 atom stereocenters. The lowest BCUT2D eigenvalue weighted by atomic mass is 9.92. The van der Waals surface area contributed by atoms with E-state index in [-0.39, 0.29) is 24.6 Å². The number of nitrogens with zero attached hydrogens (tertiary/aromatic N) is 2. The Hall–Kier alpha value is -2.09. The van der Waals surface area contributed by atoms with E-state index in [9.17, 15) is 14.3 Å². The second-order valence-electron chi connectivity index (χ2n) is 7.41. The van der Waals surface area contributed by atoms with Crippen LogP contribution in [-0.2, 0) is 11.2 Å². The van der Waals surface area contributed by atoms with E-state index < -0.39 is 11.4 Å². The summed E-state index contributed by atoms with van der Waals surface area (Å²) < 4.78 is 19.9. The highest BCUT2D eigenvalue weighted by Gasteiger charge is 2.35. The molecular weight excluding hydrogens is 420 g/mol. The van der Waals surface area contributed by atoms with Crippen molar-refractivity contribution in [2.75, 3.05) is 29.9 Å². The molecule has 0 unspecified atom stereocenters. The van der Waals surface area contributed by atoms with Gasteiger partial charge in [0, 0.05) is 31.3 Å². The number of aliphatic hydroxyl groups is 1. The number of halogens is 3. The van der Waals surface area contributed by atoms with Crippen LogP contribution in [0.1, 0.15) is 24.8 Å². The molecule has 1 amide bonds. The van der Waals surface area contributed by atoms with E-state index in [0.717, 1.165) is 0 Å². The lowest BCUT2D eigenvalue weighted by Crippen LogP contribution is -2.48.